The van der Waals surface area contributed by atoms with Gasteiger partial charge in [-0.15, -0.1) is 0 Å². The van der Waals surface area contributed by atoms with Crippen molar-refractivity contribution in [1.82, 2.24) is 20.4 Å². The molecule has 0 spiro atoms. The number of aryl methyl sites for hydroxylation is 2. The van der Waals surface area contributed by atoms with Gasteiger partial charge in [-0.3, -0.25) is 15.0 Å². The molecule has 4 N–H and O–H groups in total. The minimum absolute atomic E-state index is 0.0983. The van der Waals surface area contributed by atoms with E-state index in [9.17, 15) is 13.6 Å². The van der Waals surface area contributed by atoms with Gasteiger partial charge >= 0.3 is 0 Å². The number of aromatic nitrogens is 4. The summed E-state index contributed by atoms with van der Waals surface area (Å²) in [7, 11) is 0. The number of anilines is 1. The molecule has 0 aliphatic carbocycles. The first-order valence-corrected chi connectivity index (χ1v) is 12.9. The summed E-state index contributed by atoms with van der Waals surface area (Å²) in [6.45, 7) is 0. The van der Waals surface area contributed by atoms with Crippen LogP contribution in [0.3, 0.4) is 0 Å². The number of nitrogen functional groups attached to an aromatic ring is 1. The Kier molecular flexibility index (Phi) is 10.3. The second kappa shape index (κ2) is 14.7. The van der Waals surface area contributed by atoms with Crippen molar-refractivity contribution in [2.24, 2.45) is 0 Å². The van der Waals surface area contributed by atoms with Gasteiger partial charge in [0.25, 0.3) is 0 Å². The van der Waals surface area contributed by atoms with E-state index in [1.54, 1.807) is 24.3 Å². The van der Waals surface area contributed by atoms with Crippen molar-refractivity contribution in [3.63, 3.8) is 0 Å². The van der Waals surface area contributed by atoms with Gasteiger partial charge in [0.05, 0.1) is 5.69 Å². The van der Waals surface area contributed by atoms with Crippen LogP contribution in [0.25, 0.3) is 22.5 Å². The minimum atomic E-state index is -0.494. The molecule has 0 saturated carbocycles. The molecule has 41 heavy (non-hydrogen) atoms. The van der Waals surface area contributed by atoms with Gasteiger partial charge in [0.2, 0.25) is 0 Å². The number of hydrogen-bond donors (Lipinski definition) is 3. The van der Waals surface area contributed by atoms with Crippen molar-refractivity contribution in [2.45, 2.75) is 12.8 Å². The van der Waals surface area contributed by atoms with Crippen LogP contribution >= 0.6 is 0 Å². The molecule has 0 amide bonds. The zero-order valence-corrected chi connectivity index (χ0v) is 22.2. The van der Waals surface area contributed by atoms with Gasteiger partial charge in [-0.25, -0.2) is 8.78 Å². The maximum Gasteiger partial charge on any atom is 0.192 e. The number of hydrogen-bond acceptors (Lipinski definition) is 4. The Bertz CT molecular complexity index is 1620. The topological polar surface area (TPSA) is 100 Å². The molecule has 0 fully saturated rings. The highest BCUT2D eigenvalue weighted by Gasteiger charge is 2.14. The van der Waals surface area contributed by atoms with E-state index in [2.05, 4.69) is 20.4 Å². The van der Waals surface area contributed by atoms with Crippen LogP contribution in [0.2, 0.25) is 0 Å². The van der Waals surface area contributed by atoms with E-state index in [0.717, 1.165) is 29.4 Å². The van der Waals surface area contributed by atoms with Crippen LogP contribution in [-0.4, -0.2) is 26.7 Å². The summed E-state index contributed by atoms with van der Waals surface area (Å²) < 4.78 is 27.6. The summed E-state index contributed by atoms with van der Waals surface area (Å²) >= 11 is 0. The number of carbonyl (C=O) groups is 1. The molecule has 0 saturated heterocycles. The Morgan fingerprint density at radius 2 is 1.17 bits per heavy atom. The molecule has 0 unspecified atom stereocenters. The van der Waals surface area contributed by atoms with Gasteiger partial charge in [-0.1, -0.05) is 121 Å². The zero-order chi connectivity index (χ0) is 28.9. The predicted octanol–water partition coefficient (Wildman–Crippen LogP) is 7.30. The first-order valence-electron chi connectivity index (χ1n) is 12.9. The second-order valence-electron chi connectivity index (χ2n) is 8.91. The summed E-state index contributed by atoms with van der Waals surface area (Å²) in [5.41, 5.74) is 10.0. The summed E-state index contributed by atoms with van der Waals surface area (Å²) in [5.74, 6) is -0.836. The molecular formula is C33H29F2N5O. The Morgan fingerprint density at radius 1 is 0.634 bits per heavy atom. The van der Waals surface area contributed by atoms with Gasteiger partial charge in [0, 0.05) is 16.7 Å². The van der Waals surface area contributed by atoms with Crippen molar-refractivity contribution in [3.05, 3.63) is 150 Å². The highest BCUT2D eigenvalue weighted by molar-refractivity contribution is 5.74. The number of aromatic amines is 2. The van der Waals surface area contributed by atoms with Crippen LogP contribution in [0.15, 0.2) is 121 Å². The number of benzene rings is 4. The van der Waals surface area contributed by atoms with Crippen molar-refractivity contribution in [1.29, 1.82) is 0 Å². The quantitative estimate of drug-likeness (QED) is 0.190. The Labute approximate surface area is 236 Å². The number of rotatable bonds is 6. The van der Waals surface area contributed by atoms with Gasteiger partial charge in [0.15, 0.2) is 17.5 Å². The van der Waals surface area contributed by atoms with E-state index in [0.29, 0.717) is 23.5 Å². The number of aldehydes is 1. The third-order valence-corrected chi connectivity index (χ3v) is 6.06. The van der Waals surface area contributed by atoms with Crippen LogP contribution < -0.4 is 5.73 Å². The zero-order valence-electron chi connectivity index (χ0n) is 22.2. The molecule has 8 heteroatoms. The summed E-state index contributed by atoms with van der Waals surface area (Å²) in [5, 5.41) is 13.0. The smallest absolute Gasteiger partial charge is 0.192 e. The first kappa shape index (κ1) is 28.6. The third kappa shape index (κ3) is 8.06. The summed E-state index contributed by atoms with van der Waals surface area (Å²) in [6.07, 6.45) is 2.25. The summed E-state index contributed by atoms with van der Waals surface area (Å²) in [6, 6.07) is 37.6. The number of halogens is 2. The van der Waals surface area contributed by atoms with Gasteiger partial charge < -0.3 is 5.73 Å². The van der Waals surface area contributed by atoms with Crippen LogP contribution in [0.4, 0.5) is 14.6 Å². The van der Waals surface area contributed by atoms with Crippen LogP contribution in [-0.2, 0) is 12.8 Å². The molecule has 6 nitrogen and oxygen atoms in total. The highest BCUT2D eigenvalue weighted by Crippen LogP contribution is 2.23. The fourth-order valence-corrected chi connectivity index (χ4v) is 3.90. The molecule has 6 aromatic rings. The maximum absolute atomic E-state index is 14.3. The lowest BCUT2D eigenvalue weighted by molar-refractivity contribution is 0.112. The Balaban J connectivity index is 0.000000158. The molecule has 6 rings (SSSR count). The molecule has 206 valence electrons. The highest BCUT2D eigenvalue weighted by atomic mass is 19.1. The summed E-state index contributed by atoms with van der Waals surface area (Å²) in [4.78, 5) is 10.0. The average Bonchev–Trinajstić information content (AvgIpc) is 3.58. The molecule has 0 bridgehead atoms. The second-order valence-corrected chi connectivity index (χ2v) is 8.91. The van der Waals surface area contributed by atoms with Crippen LogP contribution in [0.5, 0.6) is 0 Å². The fourth-order valence-electron chi connectivity index (χ4n) is 3.90. The molecule has 0 aliphatic heterocycles. The van der Waals surface area contributed by atoms with E-state index >= 15 is 0 Å². The van der Waals surface area contributed by atoms with Crippen molar-refractivity contribution in [3.8, 4) is 22.5 Å². The van der Waals surface area contributed by atoms with Crippen LogP contribution in [0.1, 0.15) is 21.6 Å². The lowest BCUT2D eigenvalue weighted by Crippen LogP contribution is -1.94. The lowest BCUT2D eigenvalue weighted by Gasteiger charge is -2.00. The standard InChI is InChI=1S/C17H15FN2.C9H8FN3.C7H6O/c18-16-15(12-11-13-7-3-1-4-8-13)19-20-17(16)14-9-5-2-6-10-14;10-7-8(12-13-9(7)11)6-4-2-1-3-5-6;8-6-7-4-2-1-3-5-7/h1-10H,11-12H2,(H,19,20);1-5H,(H3,11,12,13);1-6H. The van der Waals surface area contributed by atoms with Crippen molar-refractivity contribution < 1.29 is 13.6 Å². The Morgan fingerprint density at radius 3 is 1.68 bits per heavy atom. The number of nitrogens with one attached hydrogen (secondary N) is 2. The molecular weight excluding hydrogens is 520 g/mol. The average molecular weight is 550 g/mol. The van der Waals surface area contributed by atoms with Gasteiger partial charge in [-0.2, -0.15) is 10.2 Å². The lowest BCUT2D eigenvalue weighted by atomic mass is 10.1. The maximum atomic E-state index is 14.3. The normalized spacial score (nSPS) is 10.1. The Hall–Kier alpha value is -5.37. The third-order valence-electron chi connectivity index (χ3n) is 6.06. The molecule has 0 atom stereocenters. The monoisotopic (exact) mass is 549 g/mol. The minimum Gasteiger partial charge on any atom is -0.380 e. The van der Waals surface area contributed by atoms with Crippen molar-refractivity contribution in [2.75, 3.05) is 5.73 Å². The van der Waals surface area contributed by atoms with Gasteiger partial charge in [0.1, 0.15) is 17.7 Å². The SMILES string of the molecule is Fc1c(-c2ccccc2)n[nH]c1CCc1ccccc1.Nc1n[nH]c(-c2ccccc2)c1F.O=Cc1ccccc1. The van der Waals surface area contributed by atoms with Gasteiger partial charge in [-0.05, 0) is 18.4 Å². The van der Waals surface area contributed by atoms with E-state index in [4.69, 9.17) is 5.73 Å². The predicted molar refractivity (Wildman–Crippen MR) is 158 cm³/mol. The van der Waals surface area contributed by atoms with E-state index in [1.165, 1.54) is 5.56 Å². The molecule has 2 aromatic heterocycles. The number of nitrogens with zero attached hydrogens (tertiary/aromatic N) is 2. The van der Waals surface area contributed by atoms with E-state index in [1.807, 2.05) is 97.1 Å². The number of H-pyrrole nitrogens is 2. The van der Waals surface area contributed by atoms with E-state index in [-0.39, 0.29) is 11.6 Å². The molecule has 0 aliphatic rings. The van der Waals surface area contributed by atoms with E-state index < -0.39 is 5.82 Å². The molecule has 0 radical (unpaired) electrons. The molecule has 2 heterocycles. The molecule has 4 aromatic carbocycles. The van der Waals surface area contributed by atoms with Crippen LogP contribution in [0, 0.1) is 11.6 Å². The number of carbonyl (C=O) groups excluding carboxylic acids is 1. The largest absolute Gasteiger partial charge is 0.380 e. The fraction of sp³-hybridized carbons (Fsp3) is 0.0606. The first-order chi connectivity index (χ1) is 20.1. The van der Waals surface area contributed by atoms with Crippen molar-refractivity contribution >= 4 is 12.1 Å². The number of nitrogens with two attached hydrogens (primary N) is 1.